The Hall–Kier alpha value is -2.86. The van der Waals surface area contributed by atoms with Crippen molar-refractivity contribution in [2.24, 2.45) is 5.41 Å². The van der Waals surface area contributed by atoms with E-state index in [0.29, 0.717) is 35.1 Å². The van der Waals surface area contributed by atoms with Crippen molar-refractivity contribution in [2.45, 2.75) is 27.2 Å². The molecule has 0 unspecified atom stereocenters. The molecule has 0 fully saturated rings. The maximum atomic E-state index is 12.5. The van der Waals surface area contributed by atoms with Crippen molar-refractivity contribution in [3.8, 4) is 11.4 Å². The molecule has 1 amide bonds. The molecule has 6 nitrogen and oxygen atoms in total. The first kappa shape index (κ1) is 20.5. The number of rotatable bonds is 4. The fraction of sp³-hybridized carbons (Fsp3) is 0.250. The van der Waals surface area contributed by atoms with Gasteiger partial charge in [-0.25, -0.2) is 0 Å². The van der Waals surface area contributed by atoms with Gasteiger partial charge in [-0.05, 0) is 29.7 Å². The van der Waals surface area contributed by atoms with E-state index in [2.05, 4.69) is 36.2 Å². The average Bonchev–Trinajstić information content (AvgIpc) is 3.03. The molecule has 0 aliphatic rings. The first-order valence-corrected chi connectivity index (χ1v) is 8.41. The normalized spacial score (nSPS) is 10.9. The van der Waals surface area contributed by atoms with Gasteiger partial charge in [0.2, 0.25) is 11.7 Å². The van der Waals surface area contributed by atoms with Crippen molar-refractivity contribution >= 4 is 29.7 Å². The van der Waals surface area contributed by atoms with Gasteiger partial charge in [0.1, 0.15) is 0 Å². The number of amides is 1. The number of aromatic nitrogens is 2. The largest absolute Gasteiger partial charge is 0.397 e. The standard InChI is InChI=1S/C20H22N4O2.ClH/c1-20(2,3)12-17-23-18(24-26-17)13-7-6-8-14(11-13)19(25)22-16-10-5-4-9-15(16)21;/h4-11H,12,21H2,1-3H3,(H,22,25);1H. The highest BCUT2D eigenvalue weighted by Crippen LogP contribution is 2.23. The maximum absolute atomic E-state index is 12.5. The quantitative estimate of drug-likeness (QED) is 0.640. The summed E-state index contributed by atoms with van der Waals surface area (Å²) in [7, 11) is 0. The molecule has 0 saturated heterocycles. The number of nitrogen functional groups attached to an aromatic ring is 1. The van der Waals surface area contributed by atoms with E-state index in [1.807, 2.05) is 18.2 Å². The zero-order valence-corrected chi connectivity index (χ0v) is 16.3. The van der Waals surface area contributed by atoms with E-state index in [0.717, 1.165) is 5.56 Å². The molecule has 3 rings (SSSR count). The molecule has 1 aromatic heterocycles. The summed E-state index contributed by atoms with van der Waals surface area (Å²) in [4.78, 5) is 16.9. The van der Waals surface area contributed by atoms with Crippen LogP contribution in [0.1, 0.15) is 37.0 Å². The van der Waals surface area contributed by atoms with E-state index in [1.54, 1.807) is 30.3 Å². The first-order chi connectivity index (χ1) is 12.3. The number of carbonyl (C=O) groups is 1. The second kappa shape index (κ2) is 8.22. The van der Waals surface area contributed by atoms with Crippen LogP contribution >= 0.6 is 12.4 Å². The second-order valence-electron chi connectivity index (χ2n) is 7.37. The number of nitrogens with two attached hydrogens (primary N) is 1. The van der Waals surface area contributed by atoms with E-state index in [1.165, 1.54) is 0 Å². The number of hydrogen-bond acceptors (Lipinski definition) is 5. The van der Waals surface area contributed by atoms with Crippen molar-refractivity contribution < 1.29 is 9.32 Å². The lowest BCUT2D eigenvalue weighted by atomic mass is 9.92. The van der Waals surface area contributed by atoms with Crippen LogP contribution in [0.3, 0.4) is 0 Å². The molecule has 2 aromatic carbocycles. The topological polar surface area (TPSA) is 94.0 Å². The molecule has 7 heteroatoms. The fourth-order valence-electron chi connectivity index (χ4n) is 2.50. The molecule has 3 N–H and O–H groups in total. The van der Waals surface area contributed by atoms with Gasteiger partial charge < -0.3 is 15.6 Å². The highest BCUT2D eigenvalue weighted by atomic mass is 35.5. The summed E-state index contributed by atoms with van der Waals surface area (Å²) in [5.74, 6) is 0.806. The van der Waals surface area contributed by atoms with Gasteiger partial charge in [-0.3, -0.25) is 4.79 Å². The van der Waals surface area contributed by atoms with Crippen molar-refractivity contribution in [1.82, 2.24) is 10.1 Å². The fourth-order valence-corrected chi connectivity index (χ4v) is 2.50. The van der Waals surface area contributed by atoms with E-state index in [4.69, 9.17) is 10.3 Å². The van der Waals surface area contributed by atoms with Gasteiger partial charge in [0, 0.05) is 17.5 Å². The molecule has 0 aliphatic heterocycles. The highest BCUT2D eigenvalue weighted by Gasteiger charge is 2.18. The van der Waals surface area contributed by atoms with Crippen LogP contribution in [0.25, 0.3) is 11.4 Å². The van der Waals surface area contributed by atoms with E-state index in [-0.39, 0.29) is 23.7 Å². The lowest BCUT2D eigenvalue weighted by molar-refractivity contribution is 0.102. The Balaban J connectivity index is 0.00000261. The Bertz CT molecular complexity index is 931. The Morgan fingerprint density at radius 3 is 2.59 bits per heavy atom. The SMILES string of the molecule is CC(C)(C)Cc1nc(-c2cccc(C(=O)Nc3ccccc3N)c2)no1.Cl. The molecule has 0 spiro atoms. The van der Waals surface area contributed by atoms with Gasteiger partial charge in [0.25, 0.3) is 5.91 Å². The minimum Gasteiger partial charge on any atom is -0.397 e. The number of benzene rings is 2. The van der Waals surface area contributed by atoms with Gasteiger partial charge in [-0.15, -0.1) is 12.4 Å². The van der Waals surface area contributed by atoms with Crippen LogP contribution in [0.5, 0.6) is 0 Å². The lowest BCUT2D eigenvalue weighted by Gasteiger charge is -2.13. The number of hydrogen-bond donors (Lipinski definition) is 2. The van der Waals surface area contributed by atoms with Crippen LogP contribution < -0.4 is 11.1 Å². The third kappa shape index (κ3) is 5.31. The van der Waals surface area contributed by atoms with Crippen LogP contribution in [-0.4, -0.2) is 16.0 Å². The summed E-state index contributed by atoms with van der Waals surface area (Å²) in [6.07, 6.45) is 0.688. The van der Waals surface area contributed by atoms with Crippen LogP contribution in [0.15, 0.2) is 53.1 Å². The lowest BCUT2D eigenvalue weighted by Crippen LogP contribution is -2.13. The Labute approximate surface area is 164 Å². The molecule has 3 aromatic rings. The molecule has 0 aliphatic carbocycles. The van der Waals surface area contributed by atoms with Crippen molar-refractivity contribution in [1.29, 1.82) is 0 Å². The first-order valence-electron chi connectivity index (χ1n) is 8.41. The average molecular weight is 387 g/mol. The Morgan fingerprint density at radius 1 is 1.15 bits per heavy atom. The summed E-state index contributed by atoms with van der Waals surface area (Å²) < 4.78 is 5.33. The van der Waals surface area contributed by atoms with Gasteiger partial charge in [0.05, 0.1) is 11.4 Å². The number of nitrogens with one attached hydrogen (secondary N) is 1. The predicted molar refractivity (Wildman–Crippen MR) is 109 cm³/mol. The zero-order chi connectivity index (χ0) is 18.7. The molecule has 0 radical (unpaired) electrons. The number of para-hydroxylation sites is 2. The smallest absolute Gasteiger partial charge is 0.255 e. The molecular weight excluding hydrogens is 364 g/mol. The third-order valence-electron chi connectivity index (χ3n) is 3.74. The van der Waals surface area contributed by atoms with Gasteiger partial charge in [-0.1, -0.05) is 50.2 Å². The summed E-state index contributed by atoms with van der Waals surface area (Å²) in [5, 5.41) is 6.84. The summed E-state index contributed by atoms with van der Waals surface area (Å²) in [6.45, 7) is 6.32. The summed E-state index contributed by atoms with van der Waals surface area (Å²) in [5.41, 5.74) is 8.24. The Kier molecular flexibility index (Phi) is 6.23. The molecule has 1 heterocycles. The van der Waals surface area contributed by atoms with Gasteiger partial charge >= 0.3 is 0 Å². The van der Waals surface area contributed by atoms with E-state index in [9.17, 15) is 4.79 Å². The van der Waals surface area contributed by atoms with E-state index < -0.39 is 0 Å². The molecular formula is C20H23ClN4O2. The van der Waals surface area contributed by atoms with Crippen LogP contribution in [0, 0.1) is 5.41 Å². The second-order valence-corrected chi connectivity index (χ2v) is 7.37. The van der Waals surface area contributed by atoms with Crippen LogP contribution in [0.4, 0.5) is 11.4 Å². The van der Waals surface area contributed by atoms with E-state index >= 15 is 0 Å². The minimum atomic E-state index is -0.247. The minimum absolute atomic E-state index is 0. The van der Waals surface area contributed by atoms with Crippen LogP contribution in [0.2, 0.25) is 0 Å². The number of carbonyl (C=O) groups excluding carboxylic acids is 1. The molecule has 0 saturated carbocycles. The third-order valence-corrected chi connectivity index (χ3v) is 3.74. The van der Waals surface area contributed by atoms with Gasteiger partial charge in [-0.2, -0.15) is 4.98 Å². The number of nitrogens with zero attached hydrogens (tertiary/aromatic N) is 2. The number of anilines is 2. The molecule has 0 atom stereocenters. The maximum Gasteiger partial charge on any atom is 0.255 e. The molecule has 27 heavy (non-hydrogen) atoms. The Morgan fingerprint density at radius 2 is 1.89 bits per heavy atom. The van der Waals surface area contributed by atoms with Crippen LogP contribution in [-0.2, 0) is 6.42 Å². The van der Waals surface area contributed by atoms with Crippen molar-refractivity contribution in [3.63, 3.8) is 0 Å². The zero-order valence-electron chi connectivity index (χ0n) is 15.5. The summed E-state index contributed by atoms with van der Waals surface area (Å²) in [6, 6.07) is 14.2. The highest BCUT2D eigenvalue weighted by molar-refractivity contribution is 6.06. The van der Waals surface area contributed by atoms with Crippen molar-refractivity contribution in [3.05, 3.63) is 60.0 Å². The monoisotopic (exact) mass is 386 g/mol. The summed E-state index contributed by atoms with van der Waals surface area (Å²) >= 11 is 0. The van der Waals surface area contributed by atoms with Gasteiger partial charge in [0.15, 0.2) is 0 Å². The predicted octanol–water partition coefficient (Wildman–Crippen LogP) is 4.58. The number of halogens is 1. The molecule has 142 valence electrons. The van der Waals surface area contributed by atoms with Crippen molar-refractivity contribution in [2.75, 3.05) is 11.1 Å². The molecule has 0 bridgehead atoms.